The predicted molar refractivity (Wildman–Crippen MR) is 200 cm³/mol. The highest BCUT2D eigenvalue weighted by molar-refractivity contribution is 5.98. The quantitative estimate of drug-likeness (QED) is 0.109. The average Bonchev–Trinajstić information content (AvgIpc) is 3.12. The molecule has 1 aliphatic heterocycles. The molecule has 5 rings (SSSR count). The first-order valence-corrected chi connectivity index (χ1v) is 18.2. The van der Waals surface area contributed by atoms with Gasteiger partial charge in [-0.3, -0.25) is 14.4 Å². The predicted octanol–water partition coefficient (Wildman–Crippen LogP) is 7.73. The molecule has 2 heterocycles. The normalized spacial score (nSPS) is 13.7. The van der Waals surface area contributed by atoms with Gasteiger partial charge in [-0.1, -0.05) is 102 Å². The summed E-state index contributed by atoms with van der Waals surface area (Å²) < 4.78 is 5.90. The third-order valence-electron chi connectivity index (χ3n) is 9.97. The summed E-state index contributed by atoms with van der Waals surface area (Å²) in [5.74, 6) is -0.732. The van der Waals surface area contributed by atoms with Gasteiger partial charge in [-0.05, 0) is 59.2 Å². The van der Waals surface area contributed by atoms with Crippen LogP contribution in [0.15, 0.2) is 85.2 Å². The van der Waals surface area contributed by atoms with E-state index in [0.29, 0.717) is 11.4 Å². The van der Waals surface area contributed by atoms with E-state index in [1.807, 2.05) is 60.7 Å². The lowest BCUT2D eigenvalue weighted by atomic mass is 9.82. The molecule has 4 aromatic rings. The van der Waals surface area contributed by atoms with Gasteiger partial charge in [0.25, 0.3) is 5.91 Å². The molecule has 0 radical (unpaired) electrons. The molecule has 1 aromatic heterocycles. The van der Waals surface area contributed by atoms with Gasteiger partial charge >= 0.3 is 5.97 Å². The molecule has 0 spiro atoms. The number of carboxylic acid groups (broad SMARTS) is 1. The van der Waals surface area contributed by atoms with Crippen molar-refractivity contribution in [3.8, 4) is 28.3 Å². The molecule has 1 aliphatic rings. The maximum absolute atomic E-state index is 13.5. The highest BCUT2D eigenvalue weighted by Crippen LogP contribution is 2.27. The zero-order valence-corrected chi connectivity index (χ0v) is 30.2. The Morgan fingerprint density at radius 3 is 2.08 bits per heavy atom. The fourth-order valence-corrected chi connectivity index (χ4v) is 6.04. The minimum atomic E-state index is -0.924. The number of nitrogens with zero attached hydrogens (tertiary/aromatic N) is 3. The van der Waals surface area contributed by atoms with Crippen molar-refractivity contribution < 1.29 is 24.2 Å². The molecule has 9 nitrogen and oxygen atoms in total. The van der Waals surface area contributed by atoms with E-state index in [1.54, 1.807) is 24.5 Å². The third-order valence-corrected chi connectivity index (χ3v) is 9.97. The van der Waals surface area contributed by atoms with Crippen molar-refractivity contribution in [3.05, 3.63) is 102 Å². The smallest absolute Gasteiger partial charge is 0.310 e. The van der Waals surface area contributed by atoms with Crippen LogP contribution in [0.1, 0.15) is 87.7 Å². The van der Waals surface area contributed by atoms with Gasteiger partial charge in [0, 0.05) is 48.6 Å². The van der Waals surface area contributed by atoms with Gasteiger partial charge in [0.05, 0.1) is 12.5 Å². The number of benzene rings is 3. The number of nitrogens with one attached hydrogen (secondary N) is 1. The molecule has 51 heavy (non-hydrogen) atoms. The highest BCUT2D eigenvalue weighted by Gasteiger charge is 2.39. The number of amides is 2. The minimum absolute atomic E-state index is 0.0142. The molecule has 1 saturated heterocycles. The monoisotopic (exact) mass is 690 g/mol. The summed E-state index contributed by atoms with van der Waals surface area (Å²) in [4.78, 5) is 49.0. The van der Waals surface area contributed by atoms with E-state index in [1.165, 1.54) is 30.6 Å². The molecule has 0 bridgehead atoms. The zero-order chi connectivity index (χ0) is 36.4. The lowest BCUT2D eigenvalue weighted by Crippen LogP contribution is -2.59. The van der Waals surface area contributed by atoms with Crippen LogP contribution in [0.2, 0.25) is 0 Å². The van der Waals surface area contributed by atoms with Crippen LogP contribution in [-0.2, 0) is 21.4 Å². The summed E-state index contributed by atoms with van der Waals surface area (Å²) in [6.07, 6.45) is 10.8. The van der Waals surface area contributed by atoms with Gasteiger partial charge in [0.1, 0.15) is 11.8 Å². The Balaban J connectivity index is 1.22. The van der Waals surface area contributed by atoms with Gasteiger partial charge in [0.15, 0.2) is 5.82 Å². The largest absolute Gasteiger partial charge is 0.494 e. The van der Waals surface area contributed by atoms with Crippen LogP contribution >= 0.6 is 0 Å². The van der Waals surface area contributed by atoms with Crippen LogP contribution in [0.3, 0.4) is 0 Å². The number of carbonyl (C=O) groups excluding carboxylic acids is 2. The Bertz CT molecular complexity index is 1750. The molecule has 0 saturated carbocycles. The number of hydrogen-bond donors (Lipinski definition) is 2. The second kappa shape index (κ2) is 17.2. The molecule has 1 fully saturated rings. The van der Waals surface area contributed by atoms with Crippen LogP contribution < -0.4 is 10.1 Å². The Kier molecular flexibility index (Phi) is 12.6. The fraction of sp³-hybridized carbons (Fsp3) is 0.405. The average molecular weight is 691 g/mol. The van der Waals surface area contributed by atoms with E-state index < -0.39 is 17.9 Å². The summed E-state index contributed by atoms with van der Waals surface area (Å²) in [6.45, 7) is 9.65. The van der Waals surface area contributed by atoms with Crippen LogP contribution in [-0.4, -0.2) is 63.5 Å². The van der Waals surface area contributed by atoms with Crippen molar-refractivity contribution in [1.29, 1.82) is 0 Å². The number of carbonyl (C=O) groups is 3. The van der Waals surface area contributed by atoms with E-state index in [0.717, 1.165) is 53.0 Å². The summed E-state index contributed by atoms with van der Waals surface area (Å²) in [5, 5.41) is 12.3. The molecular weight excluding hydrogens is 640 g/mol. The Hall–Kier alpha value is -5.05. The Labute approximate surface area is 301 Å². The van der Waals surface area contributed by atoms with Crippen molar-refractivity contribution in [2.75, 3.05) is 19.7 Å². The Morgan fingerprint density at radius 2 is 1.47 bits per heavy atom. The van der Waals surface area contributed by atoms with Crippen molar-refractivity contribution in [1.82, 2.24) is 20.2 Å². The van der Waals surface area contributed by atoms with Crippen molar-refractivity contribution in [2.45, 2.75) is 84.1 Å². The topological polar surface area (TPSA) is 122 Å². The first-order valence-electron chi connectivity index (χ1n) is 18.2. The number of hydrogen-bond acceptors (Lipinski definition) is 6. The number of aliphatic carboxylic acids is 1. The number of rotatable bonds is 17. The van der Waals surface area contributed by atoms with E-state index in [4.69, 9.17) is 4.74 Å². The molecule has 0 unspecified atom stereocenters. The van der Waals surface area contributed by atoms with Crippen molar-refractivity contribution in [3.63, 3.8) is 0 Å². The van der Waals surface area contributed by atoms with Crippen molar-refractivity contribution in [2.24, 2.45) is 5.92 Å². The van der Waals surface area contributed by atoms with Crippen LogP contribution in [0.4, 0.5) is 0 Å². The SMILES string of the molecule is CCCCCCCOc1ccc(-c2cnc(-c3ccc(C[C@H](NC(=O)c4ccc(C(C)(C)CC)cc4)C(=O)N4CC(C(=O)O)C4)cc3)nc2)cc1. The van der Waals surface area contributed by atoms with E-state index in [-0.39, 0.29) is 36.7 Å². The van der Waals surface area contributed by atoms with E-state index in [9.17, 15) is 19.5 Å². The van der Waals surface area contributed by atoms with E-state index >= 15 is 0 Å². The summed E-state index contributed by atoms with van der Waals surface area (Å²) in [7, 11) is 0. The number of carboxylic acids is 1. The molecule has 2 N–H and O–H groups in total. The maximum atomic E-state index is 13.5. The third kappa shape index (κ3) is 9.81. The maximum Gasteiger partial charge on any atom is 0.310 e. The van der Waals surface area contributed by atoms with Gasteiger partial charge < -0.3 is 20.1 Å². The van der Waals surface area contributed by atoms with Crippen molar-refractivity contribution >= 4 is 17.8 Å². The highest BCUT2D eigenvalue weighted by atomic mass is 16.5. The number of unbranched alkanes of at least 4 members (excludes halogenated alkanes) is 4. The Morgan fingerprint density at radius 1 is 0.843 bits per heavy atom. The van der Waals surface area contributed by atoms with E-state index in [2.05, 4.69) is 43.0 Å². The van der Waals surface area contributed by atoms with Crippen LogP contribution in [0.5, 0.6) is 5.75 Å². The van der Waals surface area contributed by atoms with Gasteiger partial charge in [-0.15, -0.1) is 0 Å². The fourth-order valence-electron chi connectivity index (χ4n) is 6.04. The lowest BCUT2D eigenvalue weighted by molar-refractivity contribution is -0.153. The molecule has 3 aromatic carbocycles. The number of ether oxygens (including phenoxy) is 1. The zero-order valence-electron chi connectivity index (χ0n) is 30.2. The van der Waals surface area contributed by atoms with Gasteiger partial charge in [-0.2, -0.15) is 0 Å². The number of likely N-dealkylation sites (tertiary alicyclic amines) is 1. The summed E-state index contributed by atoms with van der Waals surface area (Å²) >= 11 is 0. The molecule has 0 aliphatic carbocycles. The second-order valence-corrected chi connectivity index (χ2v) is 14.1. The minimum Gasteiger partial charge on any atom is -0.494 e. The molecule has 1 atom stereocenters. The lowest BCUT2D eigenvalue weighted by Gasteiger charge is -2.39. The van der Waals surface area contributed by atoms with Gasteiger partial charge in [0.2, 0.25) is 5.91 Å². The first kappa shape index (κ1) is 37.2. The number of aromatic nitrogens is 2. The van der Waals surface area contributed by atoms with Crippen LogP contribution in [0.25, 0.3) is 22.5 Å². The molecular formula is C42H50N4O5. The molecule has 2 amide bonds. The van der Waals surface area contributed by atoms with Gasteiger partial charge in [-0.25, -0.2) is 9.97 Å². The standard InChI is InChI=1S/C42H50N4O5/c1-5-7-8-9-10-23-51-36-21-17-30(18-22-36)33-25-43-38(44-26-33)31-13-11-29(12-14-31)24-37(40(48)46-27-34(28-46)41(49)50)45-39(47)32-15-19-35(20-16-32)42(3,4)6-2/h11-22,25-26,34,37H,5-10,23-24,27-28H2,1-4H3,(H,45,47)(H,49,50)/t37-/m0/s1. The van der Waals surface area contributed by atoms with Crippen LogP contribution in [0, 0.1) is 5.92 Å². The molecule has 268 valence electrons. The molecule has 9 heteroatoms. The first-order chi connectivity index (χ1) is 24.6. The second-order valence-electron chi connectivity index (χ2n) is 14.1. The summed E-state index contributed by atoms with van der Waals surface area (Å²) in [5.41, 5.74) is 5.15. The summed E-state index contributed by atoms with van der Waals surface area (Å²) in [6, 6.07) is 22.2.